The average Bonchev–Trinajstić information content (AvgIpc) is 2.03. The van der Waals surface area contributed by atoms with Crippen molar-refractivity contribution in [2.45, 2.75) is 52.9 Å². The topological polar surface area (TPSA) is 37.3 Å². The van der Waals surface area contributed by atoms with Gasteiger partial charge in [-0.15, -0.1) is 0 Å². The van der Waals surface area contributed by atoms with E-state index in [0.717, 1.165) is 6.42 Å². The van der Waals surface area contributed by atoms with Crippen LogP contribution in [0.2, 0.25) is 0 Å². The van der Waals surface area contributed by atoms with Crippen LogP contribution < -0.4 is 0 Å². The SMILES string of the molecule is C=C(CC(C)(C)CCCCC)C(=O)O. The molecular formula is C12H22O2. The first-order valence-electron chi connectivity index (χ1n) is 5.30. The second-order valence-electron chi connectivity index (χ2n) is 4.71. The van der Waals surface area contributed by atoms with E-state index < -0.39 is 5.97 Å². The Balaban J connectivity index is 3.93. The van der Waals surface area contributed by atoms with Gasteiger partial charge in [0, 0.05) is 5.57 Å². The van der Waals surface area contributed by atoms with Crippen LogP contribution in [0.5, 0.6) is 0 Å². The molecule has 0 aliphatic heterocycles. The average molecular weight is 198 g/mol. The zero-order chi connectivity index (χ0) is 11.2. The first-order chi connectivity index (χ1) is 6.39. The van der Waals surface area contributed by atoms with E-state index in [9.17, 15) is 4.79 Å². The fourth-order valence-corrected chi connectivity index (χ4v) is 1.60. The van der Waals surface area contributed by atoms with Crippen LogP contribution in [0.1, 0.15) is 52.9 Å². The maximum atomic E-state index is 10.6. The normalized spacial score (nSPS) is 11.4. The van der Waals surface area contributed by atoms with E-state index in [1.807, 2.05) is 0 Å². The summed E-state index contributed by atoms with van der Waals surface area (Å²) in [6.45, 7) is 9.95. The molecule has 0 aromatic carbocycles. The molecule has 0 atom stereocenters. The largest absolute Gasteiger partial charge is 0.478 e. The standard InChI is InChI=1S/C12H22O2/c1-5-6-7-8-12(3,4)9-10(2)11(13)14/h2,5-9H2,1,3-4H3,(H,13,14). The highest BCUT2D eigenvalue weighted by molar-refractivity contribution is 5.85. The van der Waals surface area contributed by atoms with Gasteiger partial charge in [-0.3, -0.25) is 0 Å². The van der Waals surface area contributed by atoms with E-state index in [4.69, 9.17) is 5.11 Å². The Kier molecular flexibility index (Phi) is 5.51. The van der Waals surface area contributed by atoms with E-state index in [0.29, 0.717) is 12.0 Å². The molecule has 2 heteroatoms. The van der Waals surface area contributed by atoms with Crippen molar-refractivity contribution in [2.24, 2.45) is 5.41 Å². The predicted molar refractivity (Wildman–Crippen MR) is 59.3 cm³/mol. The van der Waals surface area contributed by atoms with E-state index in [1.165, 1.54) is 19.3 Å². The van der Waals surface area contributed by atoms with Crippen molar-refractivity contribution in [3.63, 3.8) is 0 Å². The van der Waals surface area contributed by atoms with Gasteiger partial charge < -0.3 is 5.11 Å². The second-order valence-corrected chi connectivity index (χ2v) is 4.71. The lowest BCUT2D eigenvalue weighted by atomic mass is 9.81. The lowest BCUT2D eigenvalue weighted by Crippen LogP contribution is -2.15. The summed E-state index contributed by atoms with van der Waals surface area (Å²) in [4.78, 5) is 10.6. The van der Waals surface area contributed by atoms with Crippen molar-refractivity contribution in [3.05, 3.63) is 12.2 Å². The van der Waals surface area contributed by atoms with Crippen molar-refractivity contribution in [3.8, 4) is 0 Å². The Bertz CT molecular complexity index is 204. The number of hydrogen-bond acceptors (Lipinski definition) is 1. The van der Waals surface area contributed by atoms with Crippen LogP contribution in [0, 0.1) is 5.41 Å². The lowest BCUT2D eigenvalue weighted by Gasteiger charge is -2.24. The Morgan fingerprint density at radius 3 is 2.36 bits per heavy atom. The third-order valence-corrected chi connectivity index (χ3v) is 2.45. The number of rotatable bonds is 7. The van der Waals surface area contributed by atoms with E-state index >= 15 is 0 Å². The molecule has 82 valence electrons. The highest BCUT2D eigenvalue weighted by Crippen LogP contribution is 2.30. The summed E-state index contributed by atoms with van der Waals surface area (Å²) in [5.74, 6) is -0.867. The van der Waals surface area contributed by atoms with Crippen LogP contribution in [0.15, 0.2) is 12.2 Å². The first kappa shape index (κ1) is 13.2. The molecule has 0 aliphatic carbocycles. The molecule has 0 aromatic heterocycles. The fraction of sp³-hybridized carbons (Fsp3) is 0.750. The molecule has 0 radical (unpaired) electrons. The van der Waals surface area contributed by atoms with E-state index in [1.54, 1.807) is 0 Å². The highest BCUT2D eigenvalue weighted by Gasteiger charge is 2.20. The smallest absolute Gasteiger partial charge is 0.330 e. The van der Waals surface area contributed by atoms with E-state index in [2.05, 4.69) is 27.4 Å². The molecule has 0 rings (SSSR count). The summed E-state index contributed by atoms with van der Waals surface area (Å²) in [7, 11) is 0. The van der Waals surface area contributed by atoms with Crippen molar-refractivity contribution in [1.82, 2.24) is 0 Å². The van der Waals surface area contributed by atoms with Crippen LogP contribution in [0.25, 0.3) is 0 Å². The van der Waals surface area contributed by atoms with Crippen LogP contribution in [-0.4, -0.2) is 11.1 Å². The van der Waals surface area contributed by atoms with Crippen molar-refractivity contribution >= 4 is 5.97 Å². The second kappa shape index (κ2) is 5.84. The van der Waals surface area contributed by atoms with Gasteiger partial charge in [0.2, 0.25) is 0 Å². The Morgan fingerprint density at radius 2 is 1.93 bits per heavy atom. The molecule has 0 aromatic rings. The van der Waals surface area contributed by atoms with Crippen molar-refractivity contribution < 1.29 is 9.90 Å². The van der Waals surface area contributed by atoms with Gasteiger partial charge in [-0.25, -0.2) is 4.79 Å². The Morgan fingerprint density at radius 1 is 1.36 bits per heavy atom. The van der Waals surface area contributed by atoms with E-state index in [-0.39, 0.29) is 5.41 Å². The van der Waals surface area contributed by atoms with Gasteiger partial charge in [0.1, 0.15) is 0 Å². The number of carboxylic acid groups (broad SMARTS) is 1. The van der Waals surface area contributed by atoms with Crippen LogP contribution >= 0.6 is 0 Å². The first-order valence-corrected chi connectivity index (χ1v) is 5.30. The Hall–Kier alpha value is -0.790. The van der Waals surface area contributed by atoms with Gasteiger partial charge in [0.25, 0.3) is 0 Å². The summed E-state index contributed by atoms with van der Waals surface area (Å²) in [5, 5.41) is 8.72. The summed E-state index contributed by atoms with van der Waals surface area (Å²) >= 11 is 0. The monoisotopic (exact) mass is 198 g/mol. The van der Waals surface area contributed by atoms with Crippen molar-refractivity contribution in [2.75, 3.05) is 0 Å². The predicted octanol–water partition coefficient (Wildman–Crippen LogP) is 3.62. The van der Waals surface area contributed by atoms with Gasteiger partial charge in [-0.1, -0.05) is 46.6 Å². The number of aliphatic carboxylic acids is 1. The third kappa shape index (κ3) is 5.79. The number of unbranched alkanes of at least 4 members (excludes halogenated alkanes) is 2. The van der Waals surface area contributed by atoms with Crippen LogP contribution in [0.3, 0.4) is 0 Å². The maximum absolute atomic E-state index is 10.6. The Labute approximate surface area is 87.0 Å². The summed E-state index contributed by atoms with van der Waals surface area (Å²) < 4.78 is 0. The fourth-order valence-electron chi connectivity index (χ4n) is 1.60. The molecule has 0 heterocycles. The minimum atomic E-state index is -0.867. The molecule has 0 spiro atoms. The van der Waals surface area contributed by atoms with Gasteiger partial charge >= 0.3 is 5.97 Å². The van der Waals surface area contributed by atoms with Crippen LogP contribution in [-0.2, 0) is 4.79 Å². The van der Waals surface area contributed by atoms with Crippen LogP contribution in [0.4, 0.5) is 0 Å². The molecule has 0 saturated heterocycles. The van der Waals surface area contributed by atoms with Gasteiger partial charge in [0.15, 0.2) is 0 Å². The molecule has 2 nitrogen and oxygen atoms in total. The summed E-state index contributed by atoms with van der Waals surface area (Å²) in [6, 6.07) is 0. The molecule has 1 N–H and O–H groups in total. The van der Waals surface area contributed by atoms with Gasteiger partial charge in [-0.2, -0.15) is 0 Å². The molecular weight excluding hydrogens is 176 g/mol. The zero-order valence-electron chi connectivity index (χ0n) is 9.60. The number of hydrogen-bond donors (Lipinski definition) is 1. The summed E-state index contributed by atoms with van der Waals surface area (Å²) in [6.07, 6.45) is 5.27. The highest BCUT2D eigenvalue weighted by atomic mass is 16.4. The quantitative estimate of drug-likeness (QED) is 0.501. The molecule has 0 bridgehead atoms. The zero-order valence-corrected chi connectivity index (χ0v) is 9.60. The minimum Gasteiger partial charge on any atom is -0.478 e. The molecule has 0 saturated carbocycles. The van der Waals surface area contributed by atoms with Gasteiger partial charge in [-0.05, 0) is 18.3 Å². The maximum Gasteiger partial charge on any atom is 0.330 e. The number of carbonyl (C=O) groups is 1. The molecule has 0 fully saturated rings. The summed E-state index contributed by atoms with van der Waals surface area (Å²) in [5.41, 5.74) is 0.400. The lowest BCUT2D eigenvalue weighted by molar-refractivity contribution is -0.133. The molecule has 0 aliphatic rings. The van der Waals surface area contributed by atoms with Crippen molar-refractivity contribution in [1.29, 1.82) is 0 Å². The third-order valence-electron chi connectivity index (χ3n) is 2.45. The minimum absolute atomic E-state index is 0.0741. The number of carboxylic acids is 1. The molecule has 14 heavy (non-hydrogen) atoms. The molecule has 0 amide bonds. The molecule has 0 unspecified atom stereocenters. The van der Waals surface area contributed by atoms with Gasteiger partial charge in [0.05, 0.1) is 0 Å².